The van der Waals surface area contributed by atoms with Crippen LogP contribution in [0.3, 0.4) is 0 Å². The van der Waals surface area contributed by atoms with Crippen molar-refractivity contribution >= 4 is 69.7 Å². The van der Waals surface area contributed by atoms with Crippen LogP contribution < -0.4 is 0 Å². The Hall–Kier alpha value is -0.570. The molecule has 0 atom stereocenters. The van der Waals surface area contributed by atoms with Crippen molar-refractivity contribution in [2.24, 2.45) is 0 Å². The highest BCUT2D eigenvalue weighted by Gasteiger charge is 2.13. The molecule has 3 heterocycles. The van der Waals surface area contributed by atoms with Crippen LogP contribution in [-0.2, 0) is 0 Å². The topological polar surface area (TPSA) is 33.6 Å². The Morgan fingerprint density at radius 3 is 3.19 bits per heavy atom. The van der Waals surface area contributed by atoms with Gasteiger partial charge in [0.2, 0.25) is 0 Å². The summed E-state index contributed by atoms with van der Waals surface area (Å²) >= 11 is 0.190. The first-order valence-corrected chi connectivity index (χ1v) is 9.64. The van der Waals surface area contributed by atoms with Gasteiger partial charge in [-0.15, -0.1) is 0 Å². The lowest BCUT2D eigenvalue weighted by molar-refractivity contribution is 1.13. The average Bonchev–Trinajstić information content (AvgIpc) is 2.85. The van der Waals surface area contributed by atoms with E-state index < -0.39 is 0 Å². The maximum atomic E-state index is 4.78. The van der Waals surface area contributed by atoms with E-state index in [2.05, 4.69) is 40.0 Å². The number of nitrogens with zero attached hydrogens (tertiary/aromatic N) is 2. The summed E-state index contributed by atoms with van der Waals surface area (Å²) in [5, 5.41) is 1.25. The summed E-state index contributed by atoms with van der Waals surface area (Å²) in [5.74, 6) is 0. The molecule has 0 radical (unpaired) electrons. The molecule has 16 heavy (non-hydrogen) atoms. The number of aromatic nitrogens is 3. The summed E-state index contributed by atoms with van der Waals surface area (Å²) in [6.45, 7) is 0. The second-order valence-electron chi connectivity index (χ2n) is 3.53. The lowest BCUT2D eigenvalue weighted by Gasteiger charge is -1.99. The van der Waals surface area contributed by atoms with E-state index in [9.17, 15) is 0 Å². The van der Waals surface area contributed by atoms with Gasteiger partial charge >= 0.3 is 0 Å². The third kappa shape index (κ3) is 1.21. The van der Waals surface area contributed by atoms with Gasteiger partial charge in [-0.05, 0) is 26.8 Å². The minimum Gasteiger partial charge on any atom is -0.339 e. The molecule has 0 unspecified atom stereocenters. The van der Waals surface area contributed by atoms with E-state index in [1.807, 2.05) is 0 Å². The number of fused-ring (bicyclic) bond motifs is 5. The number of para-hydroxylation sites is 1. The Morgan fingerprint density at radius 2 is 2.19 bits per heavy atom. The van der Waals surface area contributed by atoms with Crippen LogP contribution in [0.4, 0.5) is 0 Å². The molecule has 2 aromatic heterocycles. The lowest BCUT2D eigenvalue weighted by atomic mass is 10.2. The first-order chi connectivity index (χ1) is 7.93. The highest BCUT2D eigenvalue weighted by Crippen LogP contribution is 2.28. The smallest absolute Gasteiger partial charge is 0.172 e. The SMILES string of the molecule is C1=IC=Ic2nc3c4ccccc4[nH]c3n21. The van der Waals surface area contributed by atoms with Gasteiger partial charge in [0.15, 0.2) is 3.83 Å². The molecule has 0 fully saturated rings. The average molecular weight is 435 g/mol. The van der Waals surface area contributed by atoms with Crippen LogP contribution in [0.5, 0.6) is 0 Å². The number of imidazole rings is 1. The Balaban J connectivity index is 2.25. The zero-order valence-electron chi connectivity index (χ0n) is 8.11. The van der Waals surface area contributed by atoms with E-state index >= 15 is 0 Å². The van der Waals surface area contributed by atoms with E-state index in [1.165, 1.54) is 20.4 Å². The fourth-order valence-corrected chi connectivity index (χ4v) is 8.01. The quantitative estimate of drug-likeness (QED) is 0.542. The van der Waals surface area contributed by atoms with Crippen LogP contribution in [0.2, 0.25) is 0 Å². The molecule has 0 amide bonds. The maximum Gasteiger partial charge on any atom is 0.172 e. The minimum absolute atomic E-state index is 0.0409. The maximum absolute atomic E-state index is 4.78. The molecular weight excluding hydrogens is 428 g/mol. The van der Waals surface area contributed by atoms with Gasteiger partial charge < -0.3 is 4.98 Å². The van der Waals surface area contributed by atoms with Crippen molar-refractivity contribution in [3.05, 3.63) is 28.1 Å². The predicted molar refractivity (Wildman–Crippen MR) is 85.9 cm³/mol. The number of hydrogen-bond donors (Lipinski definition) is 1. The standard InChI is InChI=1S/C11H7I2N3/c1-2-4-8-7(3-1)9-10(14-8)16-6-12-5-13-11(16)15-9/h1-6,14H. The van der Waals surface area contributed by atoms with Gasteiger partial charge in [0.25, 0.3) is 0 Å². The van der Waals surface area contributed by atoms with Crippen molar-refractivity contribution in [3.8, 4) is 0 Å². The van der Waals surface area contributed by atoms with Crippen LogP contribution in [0.1, 0.15) is 0 Å². The predicted octanol–water partition coefficient (Wildman–Crippen LogP) is 3.01. The molecule has 0 spiro atoms. The Kier molecular flexibility index (Phi) is 2.05. The van der Waals surface area contributed by atoms with Crippen molar-refractivity contribution in [2.75, 3.05) is 0 Å². The normalized spacial score (nSPS) is 14.8. The molecule has 0 aliphatic carbocycles. The first kappa shape index (κ1) is 9.46. The summed E-state index contributed by atoms with van der Waals surface area (Å²) in [6.07, 6.45) is 0. The number of benzene rings is 1. The van der Waals surface area contributed by atoms with Gasteiger partial charge in [0, 0.05) is 17.1 Å². The summed E-state index contributed by atoms with van der Waals surface area (Å²) in [4.78, 5) is 8.25. The van der Waals surface area contributed by atoms with E-state index in [1.54, 1.807) is 0 Å². The Bertz CT molecular complexity index is 764. The van der Waals surface area contributed by atoms with Crippen LogP contribution in [0.25, 0.3) is 22.1 Å². The minimum atomic E-state index is 0.0409. The second-order valence-corrected chi connectivity index (χ2v) is 10.0. The van der Waals surface area contributed by atoms with Crippen molar-refractivity contribution < 1.29 is 0 Å². The molecule has 3 nitrogen and oxygen atoms in total. The first-order valence-electron chi connectivity index (χ1n) is 4.82. The highest BCUT2D eigenvalue weighted by atomic mass is 127. The fraction of sp³-hybridized carbons (Fsp3) is 0. The summed E-state index contributed by atoms with van der Waals surface area (Å²) in [5.41, 5.74) is 3.51. The van der Waals surface area contributed by atoms with E-state index in [-0.39, 0.29) is 41.5 Å². The molecule has 1 aromatic carbocycles. The van der Waals surface area contributed by atoms with Gasteiger partial charge in [0.05, 0.1) is 0 Å². The van der Waals surface area contributed by atoms with Crippen molar-refractivity contribution in [1.82, 2.24) is 14.5 Å². The zero-order valence-corrected chi connectivity index (χ0v) is 12.4. The molecule has 5 heteroatoms. The van der Waals surface area contributed by atoms with Gasteiger partial charge in [-0.1, -0.05) is 38.9 Å². The molecule has 80 valence electrons. The Labute approximate surface area is 111 Å². The summed E-state index contributed by atoms with van der Waals surface area (Å²) in [7, 11) is 0. The van der Waals surface area contributed by atoms with Crippen molar-refractivity contribution in [2.45, 2.75) is 0 Å². The third-order valence-corrected chi connectivity index (χ3v) is 8.75. The van der Waals surface area contributed by atoms with Gasteiger partial charge in [0.1, 0.15) is 11.2 Å². The number of aromatic amines is 1. The number of halogens is 2. The van der Waals surface area contributed by atoms with Crippen LogP contribution in [-0.4, -0.2) is 20.7 Å². The van der Waals surface area contributed by atoms with Crippen LogP contribution in [0, 0.1) is 3.83 Å². The molecule has 0 bridgehead atoms. The Morgan fingerprint density at radius 1 is 1.25 bits per heavy atom. The molecule has 1 aliphatic rings. The summed E-state index contributed by atoms with van der Waals surface area (Å²) in [6, 6.07) is 8.39. The molecule has 1 aliphatic heterocycles. The van der Waals surface area contributed by atoms with E-state index in [0.717, 1.165) is 5.52 Å². The monoisotopic (exact) mass is 435 g/mol. The molecule has 0 saturated carbocycles. The van der Waals surface area contributed by atoms with E-state index in [0.29, 0.717) is 0 Å². The van der Waals surface area contributed by atoms with Crippen LogP contribution in [0.15, 0.2) is 24.3 Å². The molecule has 3 aromatic rings. The zero-order chi connectivity index (χ0) is 10.5. The highest BCUT2D eigenvalue weighted by molar-refractivity contribution is 14.3. The summed E-state index contributed by atoms with van der Waals surface area (Å²) < 4.78 is 8.36. The van der Waals surface area contributed by atoms with Crippen LogP contribution >= 0.6 is 41.5 Å². The fourth-order valence-electron chi connectivity index (χ4n) is 1.94. The third-order valence-electron chi connectivity index (χ3n) is 2.64. The largest absolute Gasteiger partial charge is 0.339 e. The number of rotatable bonds is 0. The lowest BCUT2D eigenvalue weighted by Crippen LogP contribution is -1.99. The van der Waals surface area contributed by atoms with Gasteiger partial charge in [-0.25, -0.2) is 4.98 Å². The molecule has 0 saturated heterocycles. The molecular formula is C11H7I2N3. The number of H-pyrrole nitrogens is 1. The van der Waals surface area contributed by atoms with Crippen molar-refractivity contribution in [1.29, 1.82) is 0 Å². The second kappa shape index (κ2) is 3.46. The van der Waals surface area contributed by atoms with Gasteiger partial charge in [-0.2, -0.15) is 0 Å². The molecule has 4 rings (SSSR count). The number of nitrogens with one attached hydrogen (secondary N) is 1. The van der Waals surface area contributed by atoms with Crippen molar-refractivity contribution in [3.63, 3.8) is 0 Å². The van der Waals surface area contributed by atoms with Gasteiger partial charge in [-0.3, -0.25) is 4.57 Å². The number of hydrogen-bond acceptors (Lipinski definition) is 1. The molecule has 1 N–H and O–H groups in total. The van der Waals surface area contributed by atoms with E-state index in [4.69, 9.17) is 4.98 Å².